The number of benzene rings is 1. The number of para-hydroxylation sites is 1. The molecule has 2 heterocycles. The van der Waals surface area contributed by atoms with E-state index in [-0.39, 0.29) is 5.91 Å². The van der Waals surface area contributed by atoms with Gasteiger partial charge in [-0.05, 0) is 31.1 Å². The van der Waals surface area contributed by atoms with Gasteiger partial charge in [0.1, 0.15) is 5.15 Å². The number of piperazine rings is 1. The van der Waals surface area contributed by atoms with Gasteiger partial charge in [0, 0.05) is 50.1 Å². The van der Waals surface area contributed by atoms with Crippen LogP contribution in [0.2, 0.25) is 5.15 Å². The van der Waals surface area contributed by atoms with E-state index < -0.39 is 0 Å². The first kappa shape index (κ1) is 19.5. The zero-order valence-electron chi connectivity index (χ0n) is 16.2. The van der Waals surface area contributed by atoms with Crippen LogP contribution in [0.5, 0.6) is 0 Å². The molecule has 0 spiro atoms. The van der Waals surface area contributed by atoms with Crippen LogP contribution < -0.4 is 4.90 Å². The van der Waals surface area contributed by atoms with Gasteiger partial charge in [-0.2, -0.15) is 5.10 Å². The van der Waals surface area contributed by atoms with Gasteiger partial charge in [0.25, 0.3) is 0 Å². The smallest absolute Gasteiger partial charge is 0.246 e. The third-order valence-corrected chi connectivity index (χ3v) is 5.15. The Bertz CT molecular complexity index is 805. The molecule has 0 N–H and O–H groups in total. The maximum Gasteiger partial charge on any atom is 0.246 e. The van der Waals surface area contributed by atoms with Gasteiger partial charge in [-0.3, -0.25) is 9.48 Å². The molecule has 0 atom stereocenters. The van der Waals surface area contributed by atoms with Crippen molar-refractivity contribution in [3.63, 3.8) is 0 Å². The first-order chi connectivity index (χ1) is 13.0. The summed E-state index contributed by atoms with van der Waals surface area (Å²) < 4.78 is 1.81. The Kier molecular flexibility index (Phi) is 6.22. The second-order valence-electron chi connectivity index (χ2n) is 7.35. The first-order valence-corrected chi connectivity index (χ1v) is 9.83. The molecule has 144 valence electrons. The van der Waals surface area contributed by atoms with Crippen LogP contribution >= 0.6 is 11.6 Å². The molecule has 5 nitrogen and oxygen atoms in total. The van der Waals surface area contributed by atoms with E-state index in [1.165, 1.54) is 5.69 Å². The molecule has 1 amide bonds. The standard InChI is InChI=1S/C21H27ClN4O/c1-16(2)15-26-21(22)19(17(3)23-26)9-10-20(27)25-13-11-24(12-14-25)18-7-5-4-6-8-18/h4-10,16H,11-15H2,1-3H3/b10-9+. The molecule has 1 aromatic carbocycles. The molecule has 0 saturated carbocycles. The number of anilines is 1. The quantitative estimate of drug-likeness (QED) is 0.732. The summed E-state index contributed by atoms with van der Waals surface area (Å²) in [7, 11) is 0. The van der Waals surface area contributed by atoms with Crippen molar-refractivity contribution in [2.75, 3.05) is 31.1 Å². The first-order valence-electron chi connectivity index (χ1n) is 9.45. The Balaban J connectivity index is 1.61. The van der Waals surface area contributed by atoms with Crippen molar-refractivity contribution in [1.29, 1.82) is 0 Å². The van der Waals surface area contributed by atoms with Crippen molar-refractivity contribution in [1.82, 2.24) is 14.7 Å². The van der Waals surface area contributed by atoms with Crippen molar-refractivity contribution < 1.29 is 4.79 Å². The predicted molar refractivity (Wildman–Crippen MR) is 111 cm³/mol. The van der Waals surface area contributed by atoms with Crippen molar-refractivity contribution in [3.05, 3.63) is 52.8 Å². The van der Waals surface area contributed by atoms with Crippen LogP contribution in [-0.4, -0.2) is 46.8 Å². The van der Waals surface area contributed by atoms with E-state index in [1.54, 1.807) is 12.2 Å². The zero-order valence-corrected chi connectivity index (χ0v) is 17.0. The summed E-state index contributed by atoms with van der Waals surface area (Å²) in [6, 6.07) is 10.3. The Hall–Kier alpha value is -2.27. The molecule has 1 aliphatic heterocycles. The van der Waals surface area contributed by atoms with Gasteiger partial charge in [0.15, 0.2) is 0 Å². The second kappa shape index (κ2) is 8.61. The van der Waals surface area contributed by atoms with E-state index in [0.717, 1.165) is 44.0 Å². The molecule has 0 radical (unpaired) electrons. The van der Waals surface area contributed by atoms with Gasteiger partial charge in [-0.25, -0.2) is 0 Å². The number of aryl methyl sites for hydroxylation is 1. The highest BCUT2D eigenvalue weighted by Crippen LogP contribution is 2.22. The fourth-order valence-electron chi connectivity index (χ4n) is 3.31. The molecular formula is C21H27ClN4O. The summed E-state index contributed by atoms with van der Waals surface area (Å²) in [6.07, 6.45) is 3.42. The lowest BCUT2D eigenvalue weighted by Crippen LogP contribution is -2.48. The third-order valence-electron chi connectivity index (χ3n) is 4.75. The number of halogens is 1. The van der Waals surface area contributed by atoms with Gasteiger partial charge < -0.3 is 9.80 Å². The van der Waals surface area contributed by atoms with Gasteiger partial charge in [0.05, 0.1) is 5.69 Å². The van der Waals surface area contributed by atoms with Crippen LogP contribution in [-0.2, 0) is 11.3 Å². The van der Waals surface area contributed by atoms with E-state index in [4.69, 9.17) is 11.6 Å². The van der Waals surface area contributed by atoms with Crippen molar-refractivity contribution in [2.45, 2.75) is 27.3 Å². The largest absolute Gasteiger partial charge is 0.368 e. The van der Waals surface area contributed by atoms with E-state index >= 15 is 0 Å². The summed E-state index contributed by atoms with van der Waals surface area (Å²) in [6.45, 7) is 10.1. The van der Waals surface area contributed by atoms with Crippen LogP contribution in [0.3, 0.4) is 0 Å². The van der Waals surface area contributed by atoms with Crippen LogP contribution in [0.25, 0.3) is 6.08 Å². The molecule has 1 aromatic heterocycles. The number of nitrogens with zero attached hydrogens (tertiary/aromatic N) is 4. The van der Waals surface area contributed by atoms with E-state index in [9.17, 15) is 4.79 Å². The number of rotatable bonds is 5. The minimum absolute atomic E-state index is 0.0230. The number of amides is 1. The number of carbonyl (C=O) groups is 1. The summed E-state index contributed by atoms with van der Waals surface area (Å²) in [5.74, 6) is 0.482. The van der Waals surface area contributed by atoms with Crippen LogP contribution in [0.15, 0.2) is 36.4 Å². The number of aromatic nitrogens is 2. The Morgan fingerprint density at radius 1 is 1.19 bits per heavy atom. The minimum atomic E-state index is 0.0230. The molecule has 0 bridgehead atoms. The monoisotopic (exact) mass is 386 g/mol. The molecule has 3 rings (SSSR count). The van der Waals surface area contributed by atoms with Crippen molar-refractivity contribution in [3.8, 4) is 0 Å². The molecule has 27 heavy (non-hydrogen) atoms. The highest BCUT2D eigenvalue weighted by atomic mass is 35.5. The summed E-state index contributed by atoms with van der Waals surface area (Å²) in [4.78, 5) is 16.8. The Morgan fingerprint density at radius 3 is 2.48 bits per heavy atom. The Morgan fingerprint density at radius 2 is 1.85 bits per heavy atom. The predicted octanol–water partition coefficient (Wildman–Crippen LogP) is 3.86. The number of hydrogen-bond acceptors (Lipinski definition) is 3. The lowest BCUT2D eigenvalue weighted by atomic mass is 10.2. The maximum atomic E-state index is 12.6. The zero-order chi connectivity index (χ0) is 19.4. The topological polar surface area (TPSA) is 41.4 Å². The highest BCUT2D eigenvalue weighted by Gasteiger charge is 2.20. The average Bonchev–Trinajstić information content (AvgIpc) is 2.93. The molecule has 0 aliphatic carbocycles. The molecule has 1 saturated heterocycles. The lowest BCUT2D eigenvalue weighted by Gasteiger charge is -2.35. The summed E-state index contributed by atoms with van der Waals surface area (Å²) >= 11 is 6.45. The van der Waals surface area contributed by atoms with Crippen molar-refractivity contribution >= 4 is 29.3 Å². The third kappa shape index (κ3) is 4.72. The Labute approximate surface area is 166 Å². The van der Waals surface area contributed by atoms with Crippen LogP contribution in [0.1, 0.15) is 25.1 Å². The van der Waals surface area contributed by atoms with E-state index in [2.05, 4.69) is 36.0 Å². The maximum absolute atomic E-state index is 12.6. The molecule has 6 heteroatoms. The molecular weight excluding hydrogens is 360 g/mol. The molecule has 1 aliphatic rings. The molecule has 2 aromatic rings. The van der Waals surface area contributed by atoms with Gasteiger partial charge in [-0.1, -0.05) is 43.6 Å². The number of carbonyl (C=O) groups excluding carboxylic acids is 1. The SMILES string of the molecule is Cc1nn(CC(C)C)c(Cl)c1/C=C/C(=O)N1CCN(c2ccccc2)CC1. The van der Waals surface area contributed by atoms with Gasteiger partial charge >= 0.3 is 0 Å². The fraction of sp³-hybridized carbons (Fsp3) is 0.429. The summed E-state index contributed by atoms with van der Waals surface area (Å²) in [5.41, 5.74) is 2.88. The van der Waals surface area contributed by atoms with Crippen molar-refractivity contribution in [2.24, 2.45) is 5.92 Å². The number of hydrogen-bond donors (Lipinski definition) is 0. The highest BCUT2D eigenvalue weighted by molar-refractivity contribution is 6.31. The average molecular weight is 387 g/mol. The second-order valence-corrected chi connectivity index (χ2v) is 7.71. The van der Waals surface area contributed by atoms with E-state index in [1.807, 2.05) is 34.7 Å². The fourth-order valence-corrected chi connectivity index (χ4v) is 3.61. The van der Waals surface area contributed by atoms with Gasteiger partial charge in [-0.15, -0.1) is 0 Å². The van der Waals surface area contributed by atoms with Gasteiger partial charge in [0.2, 0.25) is 5.91 Å². The lowest BCUT2D eigenvalue weighted by molar-refractivity contribution is -0.126. The molecule has 1 fully saturated rings. The normalized spacial score (nSPS) is 15.1. The minimum Gasteiger partial charge on any atom is -0.368 e. The molecule has 0 unspecified atom stereocenters. The van der Waals surface area contributed by atoms with E-state index in [0.29, 0.717) is 11.1 Å². The van der Waals surface area contributed by atoms with Crippen LogP contribution in [0, 0.1) is 12.8 Å². The van der Waals surface area contributed by atoms with Crippen LogP contribution in [0.4, 0.5) is 5.69 Å². The summed E-state index contributed by atoms with van der Waals surface area (Å²) in [5, 5.41) is 5.08.